The Balaban J connectivity index is 1.85. The number of anilines is 1. The molecule has 7 heteroatoms. The highest BCUT2D eigenvalue weighted by Gasteiger charge is 2.31. The van der Waals surface area contributed by atoms with E-state index in [1.807, 2.05) is 11.5 Å². The van der Waals surface area contributed by atoms with Gasteiger partial charge in [0.05, 0.1) is 6.33 Å². The zero-order chi connectivity index (χ0) is 18.0. The number of imidazole rings is 1. The summed E-state index contributed by atoms with van der Waals surface area (Å²) in [6, 6.07) is 0.00948. The Morgan fingerprint density at radius 3 is 2.68 bits per heavy atom. The lowest BCUT2D eigenvalue weighted by Crippen LogP contribution is -2.43. The Hall–Kier alpha value is -2.18. The molecule has 0 bridgehead atoms. The van der Waals surface area contributed by atoms with Crippen LogP contribution in [0, 0.1) is 5.92 Å². The maximum Gasteiger partial charge on any atom is 0.245 e. The van der Waals surface area contributed by atoms with Gasteiger partial charge in [0.1, 0.15) is 17.9 Å². The fourth-order valence-electron chi connectivity index (χ4n) is 3.60. The monoisotopic (exact) mass is 344 g/mol. The molecule has 0 saturated heterocycles. The van der Waals surface area contributed by atoms with Crippen molar-refractivity contribution in [2.75, 3.05) is 12.3 Å². The third kappa shape index (κ3) is 3.60. The first kappa shape index (κ1) is 17.6. The summed E-state index contributed by atoms with van der Waals surface area (Å²) in [6.45, 7) is 7.13. The van der Waals surface area contributed by atoms with Crippen molar-refractivity contribution < 1.29 is 4.79 Å². The minimum atomic E-state index is -0.355. The van der Waals surface area contributed by atoms with Gasteiger partial charge in [-0.1, -0.05) is 26.7 Å². The van der Waals surface area contributed by atoms with Gasteiger partial charge >= 0.3 is 0 Å². The van der Waals surface area contributed by atoms with Gasteiger partial charge in [0, 0.05) is 12.6 Å². The molecular formula is C18H28N6O. The highest BCUT2D eigenvalue weighted by molar-refractivity contribution is 5.85. The van der Waals surface area contributed by atoms with Gasteiger partial charge in [0.15, 0.2) is 11.5 Å². The number of amides is 1. The van der Waals surface area contributed by atoms with Crippen molar-refractivity contribution in [1.29, 1.82) is 0 Å². The first-order valence-corrected chi connectivity index (χ1v) is 9.22. The van der Waals surface area contributed by atoms with Crippen LogP contribution >= 0.6 is 0 Å². The van der Waals surface area contributed by atoms with Crippen LogP contribution in [0.2, 0.25) is 0 Å². The lowest BCUT2D eigenvalue weighted by Gasteiger charge is -2.32. The van der Waals surface area contributed by atoms with Crippen molar-refractivity contribution >= 4 is 22.9 Å². The molecule has 0 aromatic carbocycles. The van der Waals surface area contributed by atoms with Crippen LogP contribution in [0.3, 0.4) is 0 Å². The van der Waals surface area contributed by atoms with E-state index in [0.717, 1.165) is 25.8 Å². The van der Waals surface area contributed by atoms with E-state index in [4.69, 9.17) is 5.73 Å². The largest absolute Gasteiger partial charge is 0.382 e. The first-order chi connectivity index (χ1) is 12.0. The third-order valence-corrected chi connectivity index (χ3v) is 5.16. The molecule has 2 heterocycles. The number of nitrogen functional groups attached to an aromatic ring is 1. The average Bonchev–Trinajstić information content (AvgIpc) is 3.24. The van der Waals surface area contributed by atoms with Gasteiger partial charge in [-0.25, -0.2) is 15.0 Å². The Labute approximate surface area is 148 Å². The highest BCUT2D eigenvalue weighted by atomic mass is 16.2. The Bertz CT molecular complexity index is 734. The standard InChI is InChI=1S/C18H28N6O/c1-12(2)8-9-23(14-6-4-5-7-14)18(25)13(3)24-11-22-15-16(19)20-10-21-17(15)24/h10-14H,4-9H2,1-3H3,(H2,19,20,21). The van der Waals surface area contributed by atoms with Gasteiger partial charge in [-0.2, -0.15) is 0 Å². The van der Waals surface area contributed by atoms with Crippen LogP contribution in [0.15, 0.2) is 12.7 Å². The van der Waals surface area contributed by atoms with Crippen LogP contribution in [0.25, 0.3) is 11.2 Å². The number of hydrogen-bond acceptors (Lipinski definition) is 5. The minimum Gasteiger partial charge on any atom is -0.382 e. The van der Waals surface area contributed by atoms with Gasteiger partial charge in [-0.05, 0) is 32.1 Å². The molecule has 0 aliphatic heterocycles. The van der Waals surface area contributed by atoms with E-state index >= 15 is 0 Å². The summed E-state index contributed by atoms with van der Waals surface area (Å²) in [6.07, 6.45) is 8.72. The van der Waals surface area contributed by atoms with Crippen molar-refractivity contribution in [3.05, 3.63) is 12.7 Å². The zero-order valence-corrected chi connectivity index (χ0v) is 15.4. The van der Waals surface area contributed by atoms with Gasteiger partial charge in [-0.3, -0.25) is 4.79 Å². The molecule has 1 aliphatic rings. The second kappa shape index (κ2) is 7.37. The average molecular weight is 344 g/mol. The molecule has 1 saturated carbocycles. The first-order valence-electron chi connectivity index (χ1n) is 9.22. The number of nitrogens with zero attached hydrogens (tertiary/aromatic N) is 5. The molecule has 3 rings (SSSR count). The number of nitrogens with two attached hydrogens (primary N) is 1. The maximum absolute atomic E-state index is 13.3. The summed E-state index contributed by atoms with van der Waals surface area (Å²) < 4.78 is 1.81. The normalized spacial score (nSPS) is 16.6. The molecule has 136 valence electrons. The molecule has 1 fully saturated rings. The van der Waals surface area contributed by atoms with E-state index < -0.39 is 0 Å². The van der Waals surface area contributed by atoms with Gasteiger partial charge < -0.3 is 15.2 Å². The molecule has 25 heavy (non-hydrogen) atoms. The molecule has 1 amide bonds. The third-order valence-electron chi connectivity index (χ3n) is 5.16. The molecule has 1 unspecified atom stereocenters. The van der Waals surface area contributed by atoms with Crippen LogP contribution in [-0.2, 0) is 4.79 Å². The van der Waals surface area contributed by atoms with E-state index in [2.05, 4.69) is 33.7 Å². The molecule has 1 atom stereocenters. The lowest BCUT2D eigenvalue weighted by molar-refractivity contribution is -0.136. The summed E-state index contributed by atoms with van der Waals surface area (Å²) in [5, 5.41) is 0. The Kier molecular flexibility index (Phi) is 5.20. The smallest absolute Gasteiger partial charge is 0.245 e. The van der Waals surface area contributed by atoms with Crippen molar-refractivity contribution in [3.63, 3.8) is 0 Å². The van der Waals surface area contributed by atoms with Crippen molar-refractivity contribution in [2.45, 2.75) is 65.0 Å². The second-order valence-electron chi connectivity index (χ2n) is 7.41. The highest BCUT2D eigenvalue weighted by Crippen LogP contribution is 2.27. The Morgan fingerprint density at radius 1 is 1.28 bits per heavy atom. The predicted molar refractivity (Wildman–Crippen MR) is 97.9 cm³/mol. The van der Waals surface area contributed by atoms with Gasteiger partial charge in [0.2, 0.25) is 5.91 Å². The fourth-order valence-corrected chi connectivity index (χ4v) is 3.60. The second-order valence-corrected chi connectivity index (χ2v) is 7.41. The molecule has 0 radical (unpaired) electrons. The van der Waals surface area contributed by atoms with Crippen molar-refractivity contribution in [3.8, 4) is 0 Å². The molecule has 0 spiro atoms. The summed E-state index contributed by atoms with van der Waals surface area (Å²) >= 11 is 0. The van der Waals surface area contributed by atoms with Crippen molar-refractivity contribution in [1.82, 2.24) is 24.4 Å². The molecule has 7 nitrogen and oxygen atoms in total. The molecule has 1 aliphatic carbocycles. The molecule has 2 N–H and O–H groups in total. The number of fused-ring (bicyclic) bond motifs is 1. The SMILES string of the molecule is CC(C)CCN(C(=O)C(C)n1cnc2c(N)ncnc21)C1CCCC1. The number of carbonyl (C=O) groups excluding carboxylic acids is 1. The van der Waals surface area contributed by atoms with E-state index in [-0.39, 0.29) is 11.9 Å². The fraction of sp³-hybridized carbons (Fsp3) is 0.667. The van der Waals surface area contributed by atoms with Crippen molar-refractivity contribution in [2.24, 2.45) is 5.92 Å². The quantitative estimate of drug-likeness (QED) is 0.870. The summed E-state index contributed by atoms with van der Waals surface area (Å²) in [5.74, 6) is 1.06. The van der Waals surface area contributed by atoms with Gasteiger partial charge in [0.25, 0.3) is 0 Å². The minimum absolute atomic E-state index is 0.143. The zero-order valence-electron chi connectivity index (χ0n) is 15.4. The van der Waals surface area contributed by atoms with E-state index in [9.17, 15) is 4.79 Å². The number of rotatable bonds is 6. The van der Waals surface area contributed by atoms with Gasteiger partial charge in [-0.15, -0.1) is 0 Å². The van der Waals surface area contributed by atoms with E-state index in [1.165, 1.54) is 19.2 Å². The number of hydrogen-bond donors (Lipinski definition) is 1. The summed E-state index contributed by atoms with van der Waals surface area (Å²) in [5.41, 5.74) is 7.03. The molecule has 2 aromatic heterocycles. The Morgan fingerprint density at radius 2 is 2.00 bits per heavy atom. The number of aromatic nitrogens is 4. The van der Waals surface area contributed by atoms with Crippen LogP contribution in [0.5, 0.6) is 0 Å². The van der Waals surface area contributed by atoms with Crippen LogP contribution < -0.4 is 5.73 Å². The lowest BCUT2D eigenvalue weighted by atomic mass is 10.1. The van der Waals surface area contributed by atoms with Crippen LogP contribution in [0.4, 0.5) is 5.82 Å². The summed E-state index contributed by atoms with van der Waals surface area (Å²) in [7, 11) is 0. The summed E-state index contributed by atoms with van der Waals surface area (Å²) in [4.78, 5) is 27.9. The topological polar surface area (TPSA) is 89.9 Å². The van der Waals surface area contributed by atoms with Crippen LogP contribution in [0.1, 0.15) is 58.9 Å². The van der Waals surface area contributed by atoms with Crippen LogP contribution in [-0.4, -0.2) is 42.9 Å². The van der Waals surface area contributed by atoms with E-state index in [0.29, 0.717) is 28.9 Å². The predicted octanol–water partition coefficient (Wildman–Crippen LogP) is 2.79. The molecular weight excluding hydrogens is 316 g/mol. The molecule has 2 aromatic rings. The number of carbonyl (C=O) groups is 1. The van der Waals surface area contributed by atoms with E-state index in [1.54, 1.807) is 6.33 Å². The maximum atomic E-state index is 13.3.